The molecule has 4 nitrogen and oxygen atoms in total. The molecule has 1 heterocycles. The minimum Gasteiger partial charge on any atom is -0.357 e. The lowest BCUT2D eigenvalue weighted by Crippen LogP contribution is -2.38. The molecule has 2 rings (SSSR count). The van der Waals surface area contributed by atoms with Gasteiger partial charge < -0.3 is 10.6 Å². The van der Waals surface area contributed by atoms with Gasteiger partial charge in [-0.3, -0.25) is 4.99 Å². The molecule has 0 saturated carbocycles. The van der Waals surface area contributed by atoms with Gasteiger partial charge in [0.05, 0.1) is 10.7 Å². The van der Waals surface area contributed by atoms with E-state index in [9.17, 15) is 8.78 Å². The molecule has 1 aromatic heterocycles. The van der Waals surface area contributed by atoms with E-state index in [-0.39, 0.29) is 24.0 Å². The molecule has 0 aliphatic heterocycles. The summed E-state index contributed by atoms with van der Waals surface area (Å²) in [7, 11) is 0. The third-order valence-electron chi connectivity index (χ3n) is 3.35. The molecule has 0 atom stereocenters. The second-order valence-electron chi connectivity index (χ2n) is 5.28. The van der Waals surface area contributed by atoms with E-state index in [0.29, 0.717) is 31.0 Å². The zero-order chi connectivity index (χ0) is 17.4. The number of aryl methyl sites for hydroxylation is 1. The van der Waals surface area contributed by atoms with E-state index in [0.717, 1.165) is 29.7 Å². The average Bonchev–Trinajstić information content (AvgIpc) is 2.95. The largest absolute Gasteiger partial charge is 0.357 e. The molecule has 0 aliphatic rings. The number of guanidine groups is 1. The first-order valence-corrected chi connectivity index (χ1v) is 8.83. The van der Waals surface area contributed by atoms with Gasteiger partial charge in [0.1, 0.15) is 11.6 Å². The Bertz CT molecular complexity index is 691. The number of benzene rings is 1. The van der Waals surface area contributed by atoms with Gasteiger partial charge in [-0.05, 0) is 31.9 Å². The third-order valence-corrected chi connectivity index (χ3v) is 4.17. The average molecular weight is 480 g/mol. The van der Waals surface area contributed by atoms with Crippen LogP contribution in [0.25, 0.3) is 0 Å². The Labute approximate surface area is 168 Å². The highest BCUT2D eigenvalue weighted by Crippen LogP contribution is 2.10. The van der Waals surface area contributed by atoms with Crippen molar-refractivity contribution in [1.82, 2.24) is 15.6 Å². The van der Waals surface area contributed by atoms with Gasteiger partial charge >= 0.3 is 0 Å². The van der Waals surface area contributed by atoms with Crippen molar-refractivity contribution >= 4 is 41.3 Å². The van der Waals surface area contributed by atoms with Crippen molar-refractivity contribution in [3.05, 3.63) is 51.5 Å². The molecule has 0 fully saturated rings. The molecule has 25 heavy (non-hydrogen) atoms. The zero-order valence-corrected chi connectivity index (χ0v) is 17.5. The summed E-state index contributed by atoms with van der Waals surface area (Å²) in [5.74, 6) is -0.388. The van der Waals surface area contributed by atoms with Crippen molar-refractivity contribution in [2.24, 2.45) is 4.99 Å². The van der Waals surface area contributed by atoms with Crippen LogP contribution in [0.5, 0.6) is 0 Å². The summed E-state index contributed by atoms with van der Waals surface area (Å²) in [4.78, 5) is 8.90. The third kappa shape index (κ3) is 7.64. The lowest BCUT2D eigenvalue weighted by atomic mass is 10.1. The minimum atomic E-state index is -0.559. The fourth-order valence-electron chi connectivity index (χ4n) is 2.19. The van der Waals surface area contributed by atoms with E-state index in [1.807, 2.05) is 19.2 Å². The van der Waals surface area contributed by atoms with Gasteiger partial charge in [0.25, 0.3) is 0 Å². The van der Waals surface area contributed by atoms with Gasteiger partial charge in [-0.25, -0.2) is 13.8 Å². The summed E-state index contributed by atoms with van der Waals surface area (Å²) in [5.41, 5.74) is 1.53. The van der Waals surface area contributed by atoms with E-state index in [4.69, 9.17) is 0 Å². The maximum absolute atomic E-state index is 13.6. The highest BCUT2D eigenvalue weighted by Gasteiger charge is 2.04. The number of hydrogen-bond acceptors (Lipinski definition) is 3. The molecule has 0 aliphatic carbocycles. The van der Waals surface area contributed by atoms with Crippen LogP contribution in [0.15, 0.2) is 28.6 Å². The van der Waals surface area contributed by atoms with E-state index in [1.165, 1.54) is 12.1 Å². The summed E-state index contributed by atoms with van der Waals surface area (Å²) in [6.45, 7) is 5.86. The van der Waals surface area contributed by atoms with Gasteiger partial charge in [0, 0.05) is 37.5 Å². The van der Waals surface area contributed by atoms with Crippen molar-refractivity contribution in [1.29, 1.82) is 0 Å². The number of thiazole rings is 1. The van der Waals surface area contributed by atoms with E-state index in [2.05, 4.69) is 20.6 Å². The van der Waals surface area contributed by atoms with Crippen molar-refractivity contribution in [3.63, 3.8) is 0 Å². The van der Waals surface area contributed by atoms with Crippen molar-refractivity contribution in [2.75, 3.05) is 19.6 Å². The Morgan fingerprint density at radius 3 is 2.68 bits per heavy atom. The second kappa shape index (κ2) is 11.3. The number of nitrogens with zero attached hydrogens (tertiary/aromatic N) is 2. The number of halogens is 3. The van der Waals surface area contributed by atoms with Crippen LogP contribution in [-0.2, 0) is 12.8 Å². The standard InChI is InChI=1S/C17H22F2N4S.HI/c1-3-20-17(22-9-7-15-11-24-12(2)23-15)21-8-6-13-4-5-14(18)10-16(13)19;/h4-5,10-11H,3,6-9H2,1-2H3,(H2,20,21,22);1H. The molecular weight excluding hydrogens is 457 g/mol. The van der Waals surface area contributed by atoms with Crippen LogP contribution in [0.4, 0.5) is 8.78 Å². The highest BCUT2D eigenvalue weighted by atomic mass is 127. The van der Waals surface area contributed by atoms with Crippen LogP contribution in [0.1, 0.15) is 23.2 Å². The van der Waals surface area contributed by atoms with Gasteiger partial charge in [0.2, 0.25) is 0 Å². The number of rotatable bonds is 7. The summed E-state index contributed by atoms with van der Waals surface area (Å²) in [6.07, 6.45) is 1.25. The summed E-state index contributed by atoms with van der Waals surface area (Å²) in [6, 6.07) is 3.65. The molecule has 0 saturated heterocycles. The van der Waals surface area contributed by atoms with E-state index >= 15 is 0 Å². The maximum Gasteiger partial charge on any atom is 0.191 e. The molecule has 0 radical (unpaired) electrons. The molecule has 2 N–H and O–H groups in total. The molecular formula is C17H23F2IN4S. The minimum absolute atomic E-state index is 0. The number of nitrogens with one attached hydrogen (secondary N) is 2. The summed E-state index contributed by atoms with van der Waals surface area (Å²) in [5, 5.41) is 9.41. The topological polar surface area (TPSA) is 49.3 Å². The molecule has 1 aromatic carbocycles. The smallest absolute Gasteiger partial charge is 0.191 e. The molecule has 138 valence electrons. The highest BCUT2D eigenvalue weighted by molar-refractivity contribution is 14.0. The summed E-state index contributed by atoms with van der Waals surface area (Å²) >= 11 is 1.63. The van der Waals surface area contributed by atoms with Crippen LogP contribution in [0.3, 0.4) is 0 Å². The van der Waals surface area contributed by atoms with Crippen LogP contribution < -0.4 is 10.6 Å². The Hall–Kier alpha value is -1.29. The van der Waals surface area contributed by atoms with Crippen LogP contribution in [0.2, 0.25) is 0 Å². The lowest BCUT2D eigenvalue weighted by Gasteiger charge is -2.11. The fraction of sp³-hybridized carbons (Fsp3) is 0.412. The van der Waals surface area contributed by atoms with Crippen LogP contribution >= 0.6 is 35.3 Å². The zero-order valence-electron chi connectivity index (χ0n) is 14.3. The molecule has 0 unspecified atom stereocenters. The molecule has 8 heteroatoms. The monoisotopic (exact) mass is 480 g/mol. The van der Waals surface area contributed by atoms with Crippen molar-refractivity contribution in [2.45, 2.75) is 26.7 Å². The first-order valence-electron chi connectivity index (χ1n) is 7.95. The second-order valence-corrected chi connectivity index (χ2v) is 6.34. The Morgan fingerprint density at radius 2 is 2.04 bits per heavy atom. The first kappa shape index (κ1) is 21.8. The maximum atomic E-state index is 13.6. The normalized spacial score (nSPS) is 11.1. The first-order chi connectivity index (χ1) is 11.6. The predicted molar refractivity (Wildman–Crippen MR) is 110 cm³/mol. The molecule has 2 aromatic rings. The van der Waals surface area contributed by atoms with Crippen molar-refractivity contribution in [3.8, 4) is 0 Å². The Balaban J connectivity index is 0.00000312. The Kier molecular flexibility index (Phi) is 9.88. The fourth-order valence-corrected chi connectivity index (χ4v) is 2.83. The van der Waals surface area contributed by atoms with Crippen LogP contribution in [0, 0.1) is 18.6 Å². The molecule has 0 spiro atoms. The SMILES string of the molecule is CCNC(=NCCc1csc(C)n1)NCCc1ccc(F)cc1F.I. The number of aromatic nitrogens is 1. The summed E-state index contributed by atoms with van der Waals surface area (Å²) < 4.78 is 26.5. The van der Waals surface area contributed by atoms with E-state index in [1.54, 1.807) is 11.3 Å². The predicted octanol–water partition coefficient (Wildman–Crippen LogP) is 3.69. The number of aliphatic imine (C=N–C) groups is 1. The van der Waals surface area contributed by atoms with Gasteiger partial charge in [-0.1, -0.05) is 6.07 Å². The number of hydrogen-bond donors (Lipinski definition) is 2. The van der Waals surface area contributed by atoms with E-state index < -0.39 is 11.6 Å². The lowest BCUT2D eigenvalue weighted by molar-refractivity contribution is 0.570. The van der Waals surface area contributed by atoms with Gasteiger partial charge in [-0.15, -0.1) is 35.3 Å². The molecule has 0 bridgehead atoms. The quantitative estimate of drug-likeness (QED) is 0.361. The molecule has 0 amide bonds. The van der Waals surface area contributed by atoms with Gasteiger partial charge in [0.15, 0.2) is 5.96 Å². The Morgan fingerprint density at radius 1 is 1.24 bits per heavy atom. The van der Waals surface area contributed by atoms with Crippen LogP contribution in [-0.4, -0.2) is 30.6 Å². The van der Waals surface area contributed by atoms with Crippen molar-refractivity contribution < 1.29 is 8.78 Å². The van der Waals surface area contributed by atoms with Gasteiger partial charge in [-0.2, -0.15) is 0 Å².